The molecule has 0 spiro atoms. The highest BCUT2D eigenvalue weighted by atomic mass is 16.2. The van der Waals surface area contributed by atoms with Gasteiger partial charge in [-0.05, 0) is 25.5 Å². The van der Waals surface area contributed by atoms with Gasteiger partial charge in [0.2, 0.25) is 5.91 Å². The van der Waals surface area contributed by atoms with Crippen LogP contribution in [-0.4, -0.2) is 35.2 Å². The summed E-state index contributed by atoms with van der Waals surface area (Å²) < 4.78 is 0. The fourth-order valence-electron chi connectivity index (χ4n) is 1.95. The number of carbonyl (C=O) groups excluding carboxylic acids is 3. The molecule has 3 amide bonds. The lowest BCUT2D eigenvalue weighted by Crippen LogP contribution is -2.43. The van der Waals surface area contributed by atoms with Gasteiger partial charge < -0.3 is 5.32 Å². The van der Waals surface area contributed by atoms with E-state index in [1.165, 1.54) is 0 Å². The molecule has 1 aliphatic heterocycles. The molecule has 1 aromatic rings. The smallest absolute Gasteiger partial charge is 0.262 e. The van der Waals surface area contributed by atoms with E-state index >= 15 is 0 Å². The number of fused-ring (bicyclic) bond motifs is 1. The number of carbonyl (C=O) groups is 3. The molecule has 1 aliphatic rings. The quantitative estimate of drug-likeness (QED) is 0.827. The zero-order chi connectivity index (χ0) is 14.0. The SMILES string of the molecule is CC[C@@H](C)NC(=O)CN1C(=O)c2ccccc2C1=O. The van der Waals surface area contributed by atoms with Crippen LogP contribution >= 0.6 is 0 Å². The number of rotatable bonds is 4. The van der Waals surface area contributed by atoms with Gasteiger partial charge in [0.25, 0.3) is 11.8 Å². The van der Waals surface area contributed by atoms with Gasteiger partial charge in [-0.25, -0.2) is 0 Å². The van der Waals surface area contributed by atoms with Crippen molar-refractivity contribution in [2.75, 3.05) is 6.54 Å². The summed E-state index contributed by atoms with van der Waals surface area (Å²) in [6, 6.07) is 6.63. The van der Waals surface area contributed by atoms with Gasteiger partial charge in [-0.1, -0.05) is 19.1 Å². The molecule has 100 valence electrons. The summed E-state index contributed by atoms with van der Waals surface area (Å²) in [5.74, 6) is -1.12. The summed E-state index contributed by atoms with van der Waals surface area (Å²) in [7, 11) is 0. The summed E-state index contributed by atoms with van der Waals surface area (Å²) in [6.07, 6.45) is 0.799. The van der Waals surface area contributed by atoms with Crippen molar-refractivity contribution in [3.63, 3.8) is 0 Å². The second kappa shape index (κ2) is 5.22. The number of amides is 3. The van der Waals surface area contributed by atoms with Gasteiger partial charge in [-0.2, -0.15) is 0 Å². The predicted molar refractivity (Wildman–Crippen MR) is 69.7 cm³/mol. The van der Waals surface area contributed by atoms with Crippen LogP contribution in [0.2, 0.25) is 0 Å². The van der Waals surface area contributed by atoms with Gasteiger partial charge in [0.15, 0.2) is 0 Å². The Kier molecular flexibility index (Phi) is 3.64. The Labute approximate surface area is 111 Å². The molecule has 2 rings (SSSR count). The first-order valence-electron chi connectivity index (χ1n) is 6.29. The number of hydrogen-bond acceptors (Lipinski definition) is 3. The molecule has 0 saturated carbocycles. The van der Waals surface area contributed by atoms with Gasteiger partial charge in [0.05, 0.1) is 11.1 Å². The summed E-state index contributed by atoms with van der Waals surface area (Å²) in [5, 5.41) is 2.74. The van der Waals surface area contributed by atoms with Crippen LogP contribution in [-0.2, 0) is 4.79 Å². The van der Waals surface area contributed by atoms with E-state index in [-0.39, 0.29) is 18.5 Å². The molecule has 0 fully saturated rings. The Morgan fingerprint density at radius 2 is 1.74 bits per heavy atom. The fraction of sp³-hybridized carbons (Fsp3) is 0.357. The molecule has 0 aliphatic carbocycles. The Morgan fingerprint density at radius 3 is 2.21 bits per heavy atom. The van der Waals surface area contributed by atoms with Crippen molar-refractivity contribution in [1.82, 2.24) is 10.2 Å². The standard InChI is InChI=1S/C14H16N2O3/c1-3-9(2)15-12(17)8-16-13(18)10-6-4-5-7-11(10)14(16)19/h4-7,9H,3,8H2,1-2H3,(H,15,17)/t9-/m1/s1. The van der Waals surface area contributed by atoms with Crippen LogP contribution in [0.4, 0.5) is 0 Å². The Balaban J connectivity index is 2.10. The third kappa shape index (κ3) is 2.50. The molecule has 1 atom stereocenters. The molecule has 1 N–H and O–H groups in total. The van der Waals surface area contributed by atoms with Gasteiger partial charge >= 0.3 is 0 Å². The lowest BCUT2D eigenvalue weighted by Gasteiger charge is -2.16. The molecular weight excluding hydrogens is 244 g/mol. The van der Waals surface area contributed by atoms with E-state index in [0.717, 1.165) is 11.3 Å². The third-order valence-electron chi connectivity index (χ3n) is 3.20. The van der Waals surface area contributed by atoms with Crippen molar-refractivity contribution in [3.05, 3.63) is 35.4 Å². The van der Waals surface area contributed by atoms with E-state index in [2.05, 4.69) is 5.32 Å². The molecule has 5 nitrogen and oxygen atoms in total. The topological polar surface area (TPSA) is 66.5 Å². The van der Waals surface area contributed by atoms with Crippen LogP contribution in [0.3, 0.4) is 0 Å². The lowest BCUT2D eigenvalue weighted by atomic mass is 10.1. The van der Waals surface area contributed by atoms with E-state index in [0.29, 0.717) is 11.1 Å². The number of nitrogens with zero attached hydrogens (tertiary/aromatic N) is 1. The first-order chi connectivity index (χ1) is 9.04. The molecule has 0 unspecified atom stereocenters. The highest BCUT2D eigenvalue weighted by molar-refractivity contribution is 6.22. The van der Waals surface area contributed by atoms with E-state index in [4.69, 9.17) is 0 Å². The predicted octanol–water partition coefficient (Wildman–Crippen LogP) is 1.20. The van der Waals surface area contributed by atoms with E-state index in [1.807, 2.05) is 13.8 Å². The normalized spacial score (nSPS) is 15.4. The van der Waals surface area contributed by atoms with Gasteiger partial charge in [-0.15, -0.1) is 0 Å². The van der Waals surface area contributed by atoms with Crippen LogP contribution < -0.4 is 5.32 Å². The summed E-state index contributed by atoms with van der Waals surface area (Å²) in [4.78, 5) is 36.8. The molecule has 0 bridgehead atoms. The average Bonchev–Trinajstić information content (AvgIpc) is 2.64. The summed E-state index contributed by atoms with van der Waals surface area (Å²) in [5.41, 5.74) is 0.729. The van der Waals surface area contributed by atoms with E-state index < -0.39 is 11.8 Å². The number of imide groups is 1. The molecule has 0 radical (unpaired) electrons. The van der Waals surface area contributed by atoms with E-state index in [9.17, 15) is 14.4 Å². The van der Waals surface area contributed by atoms with Crippen LogP contribution in [0.1, 0.15) is 41.0 Å². The minimum Gasteiger partial charge on any atom is -0.352 e. The van der Waals surface area contributed by atoms with Crippen molar-refractivity contribution in [3.8, 4) is 0 Å². The number of hydrogen-bond donors (Lipinski definition) is 1. The number of benzene rings is 1. The molecule has 0 aromatic heterocycles. The second-order valence-electron chi connectivity index (χ2n) is 4.62. The van der Waals surface area contributed by atoms with Crippen molar-refractivity contribution in [2.45, 2.75) is 26.3 Å². The molecule has 1 heterocycles. The minimum atomic E-state index is -0.403. The maximum absolute atomic E-state index is 12.0. The van der Waals surface area contributed by atoms with Crippen LogP contribution in [0, 0.1) is 0 Å². The fourth-order valence-corrected chi connectivity index (χ4v) is 1.95. The maximum atomic E-state index is 12.0. The maximum Gasteiger partial charge on any atom is 0.262 e. The second-order valence-corrected chi connectivity index (χ2v) is 4.62. The molecule has 0 saturated heterocycles. The van der Waals surface area contributed by atoms with Crippen LogP contribution in [0.15, 0.2) is 24.3 Å². The first-order valence-corrected chi connectivity index (χ1v) is 6.29. The third-order valence-corrected chi connectivity index (χ3v) is 3.20. The van der Waals surface area contributed by atoms with E-state index in [1.54, 1.807) is 24.3 Å². The minimum absolute atomic E-state index is 0.0303. The van der Waals surface area contributed by atoms with Crippen molar-refractivity contribution < 1.29 is 14.4 Å². The molecule has 19 heavy (non-hydrogen) atoms. The molecule has 5 heteroatoms. The molecular formula is C14H16N2O3. The zero-order valence-corrected chi connectivity index (χ0v) is 11.0. The van der Waals surface area contributed by atoms with Crippen LogP contribution in [0.5, 0.6) is 0 Å². The van der Waals surface area contributed by atoms with Crippen molar-refractivity contribution in [1.29, 1.82) is 0 Å². The Morgan fingerprint density at radius 1 is 1.21 bits per heavy atom. The Hall–Kier alpha value is -2.17. The first kappa shape index (κ1) is 13.3. The van der Waals surface area contributed by atoms with Crippen LogP contribution in [0.25, 0.3) is 0 Å². The van der Waals surface area contributed by atoms with Crippen molar-refractivity contribution in [2.24, 2.45) is 0 Å². The zero-order valence-electron chi connectivity index (χ0n) is 11.0. The summed E-state index contributed by atoms with van der Waals surface area (Å²) in [6.45, 7) is 3.60. The largest absolute Gasteiger partial charge is 0.352 e. The van der Waals surface area contributed by atoms with Gasteiger partial charge in [0.1, 0.15) is 6.54 Å². The van der Waals surface area contributed by atoms with Gasteiger partial charge in [0, 0.05) is 6.04 Å². The summed E-state index contributed by atoms with van der Waals surface area (Å²) >= 11 is 0. The van der Waals surface area contributed by atoms with Gasteiger partial charge in [-0.3, -0.25) is 19.3 Å². The molecule has 1 aromatic carbocycles. The number of nitrogens with one attached hydrogen (secondary N) is 1. The highest BCUT2D eigenvalue weighted by Gasteiger charge is 2.36. The monoisotopic (exact) mass is 260 g/mol. The highest BCUT2D eigenvalue weighted by Crippen LogP contribution is 2.21. The Bertz CT molecular complexity index is 504. The van der Waals surface area contributed by atoms with Crippen molar-refractivity contribution >= 4 is 17.7 Å². The lowest BCUT2D eigenvalue weighted by molar-refractivity contribution is -0.122. The average molecular weight is 260 g/mol.